The largest absolute Gasteiger partial charge is 0.284 e. The molecule has 1 aromatic heterocycles. The lowest BCUT2D eigenvalue weighted by atomic mass is 10.0. The van der Waals surface area contributed by atoms with Crippen molar-refractivity contribution in [3.8, 4) is 0 Å². The highest BCUT2D eigenvalue weighted by Crippen LogP contribution is 2.33. The van der Waals surface area contributed by atoms with Crippen LogP contribution in [0.15, 0.2) is 27.8 Å². The summed E-state index contributed by atoms with van der Waals surface area (Å²) in [5.41, 5.74) is 2.95. The van der Waals surface area contributed by atoms with Gasteiger partial charge in [-0.15, -0.1) is 5.10 Å². The van der Waals surface area contributed by atoms with Crippen LogP contribution in [0.25, 0.3) is 0 Å². The Balaban J connectivity index is 2.14. The third-order valence-corrected chi connectivity index (χ3v) is 6.28. The summed E-state index contributed by atoms with van der Waals surface area (Å²) in [5.74, 6) is 0. The summed E-state index contributed by atoms with van der Waals surface area (Å²) in [6.07, 6.45) is 1.70. The molecule has 0 amide bonds. The Bertz CT molecular complexity index is 781. The van der Waals surface area contributed by atoms with Crippen LogP contribution in [0.5, 0.6) is 0 Å². The van der Waals surface area contributed by atoms with Crippen LogP contribution >= 0.6 is 15.9 Å². The maximum Gasteiger partial charge on any atom is 0.284 e. The molecule has 2 heterocycles. The topological polar surface area (TPSA) is 68.1 Å². The third-order valence-electron chi connectivity index (χ3n) is 3.58. The maximum atomic E-state index is 12.9. The molecular formula is C13H15BrN4O2S. The minimum Gasteiger partial charge on any atom is -0.265 e. The highest BCUT2D eigenvalue weighted by atomic mass is 79.9. The van der Waals surface area contributed by atoms with Crippen molar-refractivity contribution in [3.05, 3.63) is 33.9 Å². The Hall–Kier alpha value is -1.41. The molecule has 0 N–H and O–H groups in total. The van der Waals surface area contributed by atoms with Gasteiger partial charge in [0.25, 0.3) is 10.0 Å². The van der Waals surface area contributed by atoms with Crippen molar-refractivity contribution in [1.82, 2.24) is 15.0 Å². The van der Waals surface area contributed by atoms with Gasteiger partial charge in [-0.05, 0) is 47.3 Å². The molecule has 1 aromatic carbocycles. The molecule has 8 heteroatoms. The van der Waals surface area contributed by atoms with Crippen molar-refractivity contribution in [2.75, 3.05) is 10.8 Å². The minimum absolute atomic E-state index is 0.0796. The van der Waals surface area contributed by atoms with Crippen LogP contribution in [-0.4, -0.2) is 30.0 Å². The Morgan fingerprint density at radius 2 is 2.10 bits per heavy atom. The molecule has 0 saturated heterocycles. The first-order valence-electron chi connectivity index (χ1n) is 6.58. The Labute approximate surface area is 131 Å². The Kier molecular flexibility index (Phi) is 3.53. The van der Waals surface area contributed by atoms with Gasteiger partial charge in [0.05, 0.1) is 5.69 Å². The second kappa shape index (κ2) is 5.10. The number of halogens is 1. The zero-order chi connectivity index (χ0) is 15.2. The second-order valence-electron chi connectivity index (χ2n) is 5.12. The lowest BCUT2D eigenvalue weighted by Gasteiger charge is -2.30. The van der Waals surface area contributed by atoms with Crippen LogP contribution in [0.3, 0.4) is 0 Å². The molecule has 6 nitrogen and oxygen atoms in total. The van der Waals surface area contributed by atoms with Crippen molar-refractivity contribution < 1.29 is 8.42 Å². The van der Waals surface area contributed by atoms with Gasteiger partial charge in [-0.3, -0.25) is 4.31 Å². The summed E-state index contributed by atoms with van der Waals surface area (Å²) >= 11 is 3.17. The maximum absolute atomic E-state index is 12.9. The van der Waals surface area contributed by atoms with Crippen LogP contribution in [0.4, 0.5) is 5.69 Å². The molecule has 0 spiro atoms. The zero-order valence-corrected chi connectivity index (χ0v) is 14.1. The summed E-state index contributed by atoms with van der Waals surface area (Å²) < 4.78 is 28.8. The lowest BCUT2D eigenvalue weighted by Crippen LogP contribution is -2.36. The normalized spacial score (nSPS) is 15.1. The third kappa shape index (κ3) is 2.36. The zero-order valence-electron chi connectivity index (χ0n) is 11.7. The standard InChI is InChI=1S/C13H15BrN4O2S/c1-9-5-6-11-10(8-9)4-3-7-18(11)21(19,20)13-12(14)15-16-17(13)2/h5-6,8H,3-4,7H2,1-2H3. The number of sulfonamides is 1. The molecule has 3 rings (SSSR count). The van der Waals surface area contributed by atoms with E-state index in [9.17, 15) is 8.42 Å². The molecule has 0 saturated carbocycles. The van der Waals surface area contributed by atoms with Crippen LogP contribution in [0, 0.1) is 6.92 Å². The first-order chi connectivity index (χ1) is 9.91. The molecular weight excluding hydrogens is 356 g/mol. The minimum atomic E-state index is -3.68. The van der Waals surface area contributed by atoms with E-state index >= 15 is 0 Å². The molecule has 21 heavy (non-hydrogen) atoms. The van der Waals surface area contributed by atoms with Crippen molar-refractivity contribution in [3.63, 3.8) is 0 Å². The molecule has 0 radical (unpaired) electrons. The highest BCUT2D eigenvalue weighted by Gasteiger charge is 2.33. The fraction of sp³-hybridized carbons (Fsp3) is 0.385. The fourth-order valence-electron chi connectivity index (χ4n) is 2.64. The molecule has 0 bridgehead atoms. The second-order valence-corrected chi connectivity index (χ2v) is 7.65. The van der Waals surface area contributed by atoms with E-state index in [2.05, 4.69) is 26.2 Å². The number of benzene rings is 1. The van der Waals surface area contributed by atoms with Crippen molar-refractivity contribution in [2.24, 2.45) is 7.05 Å². The van der Waals surface area contributed by atoms with Gasteiger partial charge < -0.3 is 0 Å². The van der Waals surface area contributed by atoms with Gasteiger partial charge in [0.15, 0.2) is 4.60 Å². The van der Waals surface area contributed by atoms with Gasteiger partial charge in [0.2, 0.25) is 5.03 Å². The van der Waals surface area contributed by atoms with Gasteiger partial charge in [-0.1, -0.05) is 22.9 Å². The number of fused-ring (bicyclic) bond motifs is 1. The van der Waals surface area contributed by atoms with E-state index in [-0.39, 0.29) is 9.63 Å². The smallest absolute Gasteiger partial charge is 0.265 e. The highest BCUT2D eigenvalue weighted by molar-refractivity contribution is 9.10. The van der Waals surface area contributed by atoms with E-state index < -0.39 is 10.0 Å². The number of anilines is 1. The van der Waals surface area contributed by atoms with Gasteiger partial charge in [0.1, 0.15) is 0 Å². The predicted molar refractivity (Wildman–Crippen MR) is 82.7 cm³/mol. The Morgan fingerprint density at radius 3 is 2.76 bits per heavy atom. The monoisotopic (exact) mass is 370 g/mol. The van der Waals surface area contributed by atoms with E-state index in [1.165, 1.54) is 8.99 Å². The summed E-state index contributed by atoms with van der Waals surface area (Å²) in [4.78, 5) is 0. The molecule has 1 aliphatic rings. The summed E-state index contributed by atoms with van der Waals surface area (Å²) in [7, 11) is -2.11. The lowest BCUT2D eigenvalue weighted by molar-refractivity contribution is 0.565. The van der Waals surface area contributed by atoms with Crippen LogP contribution in [0.1, 0.15) is 17.5 Å². The number of rotatable bonds is 2. The molecule has 2 aromatic rings. The number of hydrogen-bond acceptors (Lipinski definition) is 4. The number of nitrogens with zero attached hydrogens (tertiary/aromatic N) is 4. The quantitative estimate of drug-likeness (QED) is 0.810. The van der Waals surface area contributed by atoms with Crippen molar-refractivity contribution in [1.29, 1.82) is 0 Å². The van der Waals surface area contributed by atoms with Gasteiger partial charge >= 0.3 is 0 Å². The first-order valence-corrected chi connectivity index (χ1v) is 8.82. The molecule has 0 fully saturated rings. The van der Waals surface area contributed by atoms with Crippen molar-refractivity contribution in [2.45, 2.75) is 24.8 Å². The molecule has 1 aliphatic heterocycles. The summed E-state index contributed by atoms with van der Waals surface area (Å²) in [6.45, 7) is 2.48. The fourth-order valence-corrected chi connectivity index (χ4v) is 5.22. The summed E-state index contributed by atoms with van der Waals surface area (Å²) in [6, 6.07) is 5.86. The van der Waals surface area contributed by atoms with E-state index in [0.29, 0.717) is 6.54 Å². The predicted octanol–water partition coefficient (Wildman–Crippen LogP) is 2.03. The van der Waals surface area contributed by atoms with Crippen molar-refractivity contribution >= 4 is 31.6 Å². The van der Waals surface area contributed by atoms with Gasteiger partial charge in [-0.25, -0.2) is 4.68 Å². The molecule has 0 aliphatic carbocycles. The molecule has 0 unspecified atom stereocenters. The summed E-state index contributed by atoms with van der Waals surface area (Å²) in [5, 5.41) is 7.61. The van der Waals surface area contributed by atoms with Gasteiger partial charge in [0, 0.05) is 13.6 Å². The number of aryl methyl sites for hydroxylation is 3. The van der Waals surface area contributed by atoms with Crippen LogP contribution in [-0.2, 0) is 23.5 Å². The van der Waals surface area contributed by atoms with E-state index in [1.54, 1.807) is 7.05 Å². The van der Waals surface area contributed by atoms with E-state index in [4.69, 9.17) is 0 Å². The molecule has 112 valence electrons. The molecule has 0 atom stereocenters. The average Bonchev–Trinajstić information content (AvgIpc) is 2.77. The van der Waals surface area contributed by atoms with E-state index in [0.717, 1.165) is 29.7 Å². The SMILES string of the molecule is Cc1ccc2c(c1)CCCN2S(=O)(=O)c1c(Br)nnn1C. The van der Waals surface area contributed by atoms with Crippen LogP contribution in [0.2, 0.25) is 0 Å². The average molecular weight is 371 g/mol. The Morgan fingerprint density at radius 1 is 1.33 bits per heavy atom. The number of hydrogen-bond donors (Lipinski definition) is 0. The first kappa shape index (κ1) is 14.5. The van der Waals surface area contributed by atoms with E-state index in [1.807, 2.05) is 25.1 Å². The van der Waals surface area contributed by atoms with Gasteiger partial charge in [-0.2, -0.15) is 8.42 Å². The number of aromatic nitrogens is 3. The van der Waals surface area contributed by atoms with Crippen LogP contribution < -0.4 is 4.31 Å².